The molecule has 0 aliphatic rings. The predicted octanol–water partition coefficient (Wildman–Crippen LogP) is 4.68. The topological polar surface area (TPSA) is 95.5 Å². The maximum atomic E-state index is 11.1. The zero-order valence-electron chi connectivity index (χ0n) is 18.4. The quantitative estimate of drug-likeness (QED) is 0.203. The van der Waals surface area contributed by atoms with E-state index < -0.39 is 0 Å². The summed E-state index contributed by atoms with van der Waals surface area (Å²) in [7, 11) is 3.14. The van der Waals surface area contributed by atoms with E-state index in [0.717, 1.165) is 23.2 Å². The first kappa shape index (κ1) is 23.9. The molecule has 3 aromatic carbocycles. The van der Waals surface area contributed by atoms with Gasteiger partial charge in [-0.1, -0.05) is 42.1 Å². The van der Waals surface area contributed by atoms with Gasteiger partial charge >= 0.3 is 0 Å². The van der Waals surface area contributed by atoms with Gasteiger partial charge in [-0.3, -0.25) is 4.79 Å². The summed E-state index contributed by atoms with van der Waals surface area (Å²) in [5.41, 5.74) is 9.18. The first-order valence-electron chi connectivity index (χ1n) is 10.1. The number of rotatable bonds is 10. The molecule has 0 aliphatic carbocycles. The van der Waals surface area contributed by atoms with Crippen LogP contribution < -0.4 is 19.9 Å². The second-order valence-electron chi connectivity index (χ2n) is 6.85. The number of benzene rings is 3. The zero-order chi connectivity index (χ0) is 23.5. The van der Waals surface area contributed by atoms with Gasteiger partial charge in [-0.2, -0.15) is 5.10 Å². The molecule has 3 rings (SSSR count). The summed E-state index contributed by atoms with van der Waals surface area (Å²) in [6, 6.07) is 20.6. The molecule has 170 valence electrons. The van der Waals surface area contributed by atoms with E-state index in [-0.39, 0.29) is 6.61 Å². The standard InChI is InChI=1S/C25H25N3O4S/c1-30-22-10-9-20(15-29)12-21(22)16-32-23-11-8-19(13-24(23)31-2)14-27-28-25(26)33-17-18-6-4-3-5-7-18/h3-15H,16-17H2,1-2H3,(H2,26,28). The number of ether oxygens (including phenoxy) is 3. The Hall–Kier alpha value is -3.78. The Bertz CT molecular complexity index is 1130. The fourth-order valence-corrected chi connectivity index (χ4v) is 3.55. The van der Waals surface area contributed by atoms with Crippen LogP contribution in [0.25, 0.3) is 0 Å². The van der Waals surface area contributed by atoms with Gasteiger partial charge in [0.1, 0.15) is 18.6 Å². The molecule has 0 saturated heterocycles. The number of nitrogens with two attached hydrogens (primary N) is 1. The molecule has 0 aliphatic heterocycles. The highest BCUT2D eigenvalue weighted by atomic mass is 32.2. The smallest absolute Gasteiger partial charge is 0.180 e. The minimum atomic E-state index is 0.216. The monoisotopic (exact) mass is 463 g/mol. The Labute approximate surface area is 197 Å². The largest absolute Gasteiger partial charge is 0.496 e. The third-order valence-corrected chi connectivity index (χ3v) is 5.46. The second kappa shape index (κ2) is 12.3. The summed E-state index contributed by atoms with van der Waals surface area (Å²) in [5.74, 6) is 2.46. The van der Waals surface area contributed by atoms with Gasteiger partial charge in [0.25, 0.3) is 0 Å². The van der Waals surface area contributed by atoms with Crippen LogP contribution in [0, 0.1) is 0 Å². The number of methoxy groups -OCH3 is 2. The minimum absolute atomic E-state index is 0.216. The number of hydrogen-bond donors (Lipinski definition) is 1. The Morgan fingerprint density at radius 1 is 0.939 bits per heavy atom. The molecule has 33 heavy (non-hydrogen) atoms. The van der Waals surface area contributed by atoms with Gasteiger partial charge < -0.3 is 19.9 Å². The molecule has 2 N–H and O–H groups in total. The lowest BCUT2D eigenvalue weighted by atomic mass is 10.1. The van der Waals surface area contributed by atoms with Crippen molar-refractivity contribution in [1.82, 2.24) is 0 Å². The molecule has 0 unspecified atom stereocenters. The van der Waals surface area contributed by atoms with Crippen molar-refractivity contribution < 1.29 is 19.0 Å². The van der Waals surface area contributed by atoms with Crippen LogP contribution in [0.4, 0.5) is 0 Å². The molecule has 8 heteroatoms. The number of hydrogen-bond acceptors (Lipinski definition) is 7. The fourth-order valence-electron chi connectivity index (χ4n) is 2.94. The van der Waals surface area contributed by atoms with Crippen LogP contribution in [-0.2, 0) is 12.4 Å². The molecule has 0 radical (unpaired) electrons. The molecule has 0 bridgehead atoms. The molecular formula is C25H25N3O4S. The van der Waals surface area contributed by atoms with Gasteiger partial charge in [-0.05, 0) is 47.5 Å². The van der Waals surface area contributed by atoms with Crippen LogP contribution in [0.5, 0.6) is 17.2 Å². The molecule has 0 fully saturated rings. The lowest BCUT2D eigenvalue weighted by Gasteiger charge is -2.13. The van der Waals surface area contributed by atoms with Crippen molar-refractivity contribution in [3.63, 3.8) is 0 Å². The molecule has 7 nitrogen and oxygen atoms in total. The molecular weight excluding hydrogens is 438 g/mol. The van der Waals surface area contributed by atoms with E-state index in [4.69, 9.17) is 19.9 Å². The lowest BCUT2D eigenvalue weighted by Crippen LogP contribution is -2.06. The van der Waals surface area contributed by atoms with E-state index in [2.05, 4.69) is 10.2 Å². The van der Waals surface area contributed by atoms with Gasteiger partial charge in [0.15, 0.2) is 16.7 Å². The van der Waals surface area contributed by atoms with Crippen molar-refractivity contribution in [2.24, 2.45) is 15.9 Å². The zero-order valence-corrected chi connectivity index (χ0v) is 19.2. The summed E-state index contributed by atoms with van der Waals surface area (Å²) >= 11 is 1.42. The highest BCUT2D eigenvalue weighted by molar-refractivity contribution is 8.13. The van der Waals surface area contributed by atoms with E-state index >= 15 is 0 Å². The van der Waals surface area contributed by atoms with Crippen molar-refractivity contribution in [3.05, 3.63) is 89.0 Å². The molecule has 0 aromatic heterocycles. The van der Waals surface area contributed by atoms with Crippen molar-refractivity contribution >= 4 is 29.4 Å². The lowest BCUT2D eigenvalue weighted by molar-refractivity contribution is 0.112. The first-order valence-corrected chi connectivity index (χ1v) is 11.1. The molecule has 0 amide bonds. The third kappa shape index (κ3) is 7.11. The van der Waals surface area contributed by atoms with E-state index in [9.17, 15) is 4.79 Å². The van der Waals surface area contributed by atoms with Gasteiger partial charge in [0, 0.05) is 16.9 Å². The number of nitrogens with zero attached hydrogens (tertiary/aromatic N) is 2. The highest BCUT2D eigenvalue weighted by Gasteiger charge is 2.09. The fraction of sp³-hybridized carbons (Fsp3) is 0.160. The van der Waals surface area contributed by atoms with Crippen LogP contribution in [0.1, 0.15) is 27.0 Å². The Morgan fingerprint density at radius 2 is 1.67 bits per heavy atom. The number of amidine groups is 1. The van der Waals surface area contributed by atoms with Gasteiger partial charge in [0.05, 0.1) is 20.4 Å². The Kier molecular flexibility index (Phi) is 8.90. The maximum absolute atomic E-state index is 11.1. The maximum Gasteiger partial charge on any atom is 0.180 e. The van der Waals surface area contributed by atoms with E-state index in [1.165, 1.54) is 17.3 Å². The molecule has 0 saturated carbocycles. The van der Waals surface area contributed by atoms with Crippen LogP contribution in [0.3, 0.4) is 0 Å². The molecule has 0 spiro atoms. The Morgan fingerprint density at radius 3 is 2.39 bits per heavy atom. The predicted molar refractivity (Wildman–Crippen MR) is 133 cm³/mol. The second-order valence-corrected chi connectivity index (χ2v) is 7.84. The number of carbonyl (C=O) groups excluding carboxylic acids is 1. The average molecular weight is 464 g/mol. The van der Waals surface area contributed by atoms with E-state index in [1.54, 1.807) is 50.8 Å². The van der Waals surface area contributed by atoms with Crippen molar-refractivity contribution in [2.75, 3.05) is 14.2 Å². The van der Waals surface area contributed by atoms with E-state index in [0.29, 0.717) is 28.0 Å². The highest BCUT2D eigenvalue weighted by Crippen LogP contribution is 2.30. The summed E-state index contributed by atoms with van der Waals surface area (Å²) < 4.78 is 16.7. The normalized spacial score (nSPS) is 11.4. The summed E-state index contributed by atoms with van der Waals surface area (Å²) in [6.07, 6.45) is 2.38. The molecule has 3 aromatic rings. The van der Waals surface area contributed by atoms with Crippen molar-refractivity contribution in [2.45, 2.75) is 12.4 Å². The van der Waals surface area contributed by atoms with Gasteiger partial charge in [-0.15, -0.1) is 5.10 Å². The Balaban J connectivity index is 1.63. The van der Waals surface area contributed by atoms with Gasteiger partial charge in [0.2, 0.25) is 0 Å². The van der Waals surface area contributed by atoms with Crippen LogP contribution in [0.2, 0.25) is 0 Å². The molecule has 0 heterocycles. The first-order chi connectivity index (χ1) is 16.1. The van der Waals surface area contributed by atoms with Crippen LogP contribution >= 0.6 is 11.8 Å². The number of thioether (sulfide) groups is 1. The van der Waals surface area contributed by atoms with Crippen molar-refractivity contribution in [3.8, 4) is 17.2 Å². The SMILES string of the molecule is COc1ccc(C=O)cc1COc1ccc(C=NN=C(N)SCc2ccccc2)cc1OC. The summed E-state index contributed by atoms with van der Waals surface area (Å²) in [5, 5.41) is 8.48. The average Bonchev–Trinajstić information content (AvgIpc) is 2.86. The van der Waals surface area contributed by atoms with E-state index in [1.807, 2.05) is 36.4 Å². The summed E-state index contributed by atoms with van der Waals surface area (Å²) in [6.45, 7) is 0.216. The van der Waals surface area contributed by atoms with Gasteiger partial charge in [-0.25, -0.2) is 0 Å². The third-order valence-electron chi connectivity index (χ3n) is 4.60. The van der Waals surface area contributed by atoms with Crippen LogP contribution in [0.15, 0.2) is 76.9 Å². The van der Waals surface area contributed by atoms with Crippen molar-refractivity contribution in [1.29, 1.82) is 0 Å². The minimum Gasteiger partial charge on any atom is -0.496 e. The van der Waals surface area contributed by atoms with Crippen LogP contribution in [-0.4, -0.2) is 31.9 Å². The summed E-state index contributed by atoms with van der Waals surface area (Å²) in [4.78, 5) is 11.1. The molecule has 0 atom stereocenters. The number of carbonyl (C=O) groups is 1. The number of aldehydes is 1.